The minimum Gasteiger partial charge on any atom is -0.320 e. The van der Waals surface area contributed by atoms with Gasteiger partial charge >= 0.3 is 0 Å². The Morgan fingerprint density at radius 2 is 1.87 bits per heavy atom. The predicted molar refractivity (Wildman–Crippen MR) is 94.7 cm³/mol. The maximum absolute atomic E-state index is 12.5. The van der Waals surface area contributed by atoms with Gasteiger partial charge in [-0.1, -0.05) is 48.9 Å². The number of nitrogens with two attached hydrogens (primary N) is 1. The summed E-state index contributed by atoms with van der Waals surface area (Å²) in [5.41, 5.74) is 12.0. The molecule has 2 N–H and O–H groups in total. The second kappa shape index (κ2) is 6.17. The molecule has 3 heteroatoms. The van der Waals surface area contributed by atoms with E-state index in [2.05, 4.69) is 50.2 Å². The molecule has 1 heterocycles. The van der Waals surface area contributed by atoms with E-state index in [9.17, 15) is 4.79 Å². The number of hydrogen-bond donors (Lipinski definition) is 1. The summed E-state index contributed by atoms with van der Waals surface area (Å²) < 4.78 is 0. The van der Waals surface area contributed by atoms with Crippen LogP contribution < -0.4 is 10.6 Å². The molecule has 0 aliphatic carbocycles. The Morgan fingerprint density at radius 1 is 1.13 bits per heavy atom. The zero-order valence-corrected chi connectivity index (χ0v) is 14.0. The highest BCUT2D eigenvalue weighted by Crippen LogP contribution is 2.40. The van der Waals surface area contributed by atoms with Gasteiger partial charge < -0.3 is 10.6 Å². The van der Waals surface area contributed by atoms with Gasteiger partial charge in [-0.25, -0.2) is 0 Å². The number of fused-ring (bicyclic) bond motifs is 1. The molecule has 1 amide bonds. The van der Waals surface area contributed by atoms with Crippen LogP contribution in [0, 0.1) is 6.92 Å². The number of benzene rings is 2. The van der Waals surface area contributed by atoms with E-state index >= 15 is 0 Å². The zero-order valence-electron chi connectivity index (χ0n) is 14.0. The molecule has 2 aromatic rings. The Bertz CT molecular complexity index is 738. The SMILES string of the molecule is CCC1C(=O)N(CC)c2ccc(C(N)c3cccc(C)c3)cc21. The number of carbonyl (C=O) groups is 1. The van der Waals surface area contributed by atoms with E-state index in [4.69, 9.17) is 5.73 Å². The number of nitrogens with zero attached hydrogens (tertiary/aromatic N) is 1. The van der Waals surface area contributed by atoms with E-state index < -0.39 is 0 Å². The molecule has 3 rings (SSSR count). The van der Waals surface area contributed by atoms with Gasteiger partial charge in [0.25, 0.3) is 0 Å². The maximum Gasteiger partial charge on any atom is 0.234 e. The fourth-order valence-corrected chi connectivity index (χ4v) is 3.51. The summed E-state index contributed by atoms with van der Waals surface area (Å²) in [5, 5.41) is 0. The molecule has 0 aromatic heterocycles. The lowest BCUT2D eigenvalue weighted by Gasteiger charge is -2.17. The average molecular weight is 308 g/mol. The molecule has 2 aromatic carbocycles. The fraction of sp³-hybridized carbons (Fsp3) is 0.350. The first-order valence-electron chi connectivity index (χ1n) is 8.34. The summed E-state index contributed by atoms with van der Waals surface area (Å²) >= 11 is 0. The Morgan fingerprint density at radius 3 is 2.52 bits per heavy atom. The molecule has 0 spiro atoms. The van der Waals surface area contributed by atoms with Crippen molar-refractivity contribution >= 4 is 11.6 Å². The van der Waals surface area contributed by atoms with Gasteiger partial charge in [0.1, 0.15) is 0 Å². The molecule has 1 aliphatic rings. The monoisotopic (exact) mass is 308 g/mol. The molecular formula is C20H24N2O. The summed E-state index contributed by atoms with van der Waals surface area (Å²) in [4.78, 5) is 14.4. The van der Waals surface area contributed by atoms with E-state index in [1.54, 1.807) is 0 Å². The fourth-order valence-electron chi connectivity index (χ4n) is 3.51. The van der Waals surface area contributed by atoms with Crippen molar-refractivity contribution in [3.8, 4) is 0 Å². The van der Waals surface area contributed by atoms with E-state index in [1.807, 2.05) is 17.9 Å². The van der Waals surface area contributed by atoms with Crippen LogP contribution in [-0.4, -0.2) is 12.5 Å². The standard InChI is InChI=1S/C20H24N2O/c1-4-16-17-12-15(9-10-18(17)22(5-2)20(16)23)19(21)14-8-6-7-13(3)11-14/h6-12,16,19H,4-5,21H2,1-3H3. The van der Waals surface area contributed by atoms with Crippen molar-refractivity contribution in [1.82, 2.24) is 0 Å². The van der Waals surface area contributed by atoms with E-state index in [-0.39, 0.29) is 17.9 Å². The molecule has 3 nitrogen and oxygen atoms in total. The third-order valence-electron chi connectivity index (χ3n) is 4.77. The highest BCUT2D eigenvalue weighted by atomic mass is 16.2. The van der Waals surface area contributed by atoms with Crippen molar-refractivity contribution in [3.63, 3.8) is 0 Å². The molecule has 1 aliphatic heterocycles. The van der Waals surface area contributed by atoms with Crippen molar-refractivity contribution in [1.29, 1.82) is 0 Å². The molecule has 0 fully saturated rings. The summed E-state index contributed by atoms with van der Waals surface area (Å²) in [5.74, 6) is 0.181. The van der Waals surface area contributed by atoms with Crippen LogP contribution in [-0.2, 0) is 4.79 Å². The average Bonchev–Trinajstić information content (AvgIpc) is 2.83. The number of anilines is 1. The third-order valence-corrected chi connectivity index (χ3v) is 4.77. The molecule has 0 bridgehead atoms. The largest absolute Gasteiger partial charge is 0.320 e. The van der Waals surface area contributed by atoms with Gasteiger partial charge in [-0.15, -0.1) is 0 Å². The first kappa shape index (κ1) is 15.8. The molecule has 120 valence electrons. The van der Waals surface area contributed by atoms with Crippen LogP contribution in [0.15, 0.2) is 42.5 Å². The van der Waals surface area contributed by atoms with Crippen LogP contribution in [0.5, 0.6) is 0 Å². The first-order chi connectivity index (χ1) is 11.1. The highest BCUT2D eigenvalue weighted by Gasteiger charge is 2.35. The summed E-state index contributed by atoms with van der Waals surface area (Å²) in [6.45, 7) is 6.88. The zero-order chi connectivity index (χ0) is 16.6. The summed E-state index contributed by atoms with van der Waals surface area (Å²) in [7, 11) is 0. The number of aryl methyl sites for hydroxylation is 1. The minimum absolute atomic E-state index is 0.0328. The number of hydrogen-bond acceptors (Lipinski definition) is 2. The Kier molecular flexibility index (Phi) is 4.22. The van der Waals surface area contributed by atoms with Crippen LogP contribution in [0.3, 0.4) is 0 Å². The van der Waals surface area contributed by atoms with Crippen molar-refractivity contribution < 1.29 is 4.79 Å². The van der Waals surface area contributed by atoms with Crippen LogP contribution in [0.25, 0.3) is 0 Å². The lowest BCUT2D eigenvalue weighted by atomic mass is 9.92. The van der Waals surface area contributed by atoms with E-state index in [0.717, 1.165) is 28.8 Å². The van der Waals surface area contributed by atoms with Crippen LogP contribution >= 0.6 is 0 Å². The number of likely N-dealkylation sites (N-methyl/N-ethyl adjacent to an activating group) is 1. The number of amides is 1. The molecule has 0 radical (unpaired) electrons. The van der Waals surface area contributed by atoms with Crippen molar-refractivity contribution in [3.05, 3.63) is 64.7 Å². The van der Waals surface area contributed by atoms with Crippen molar-refractivity contribution in [2.75, 3.05) is 11.4 Å². The van der Waals surface area contributed by atoms with E-state index in [1.165, 1.54) is 5.56 Å². The smallest absolute Gasteiger partial charge is 0.234 e. The Labute approximate surface area is 138 Å². The highest BCUT2D eigenvalue weighted by molar-refractivity contribution is 6.04. The topological polar surface area (TPSA) is 46.3 Å². The van der Waals surface area contributed by atoms with Gasteiger partial charge in [-0.2, -0.15) is 0 Å². The normalized spacial score (nSPS) is 18.2. The summed E-state index contributed by atoms with van der Waals surface area (Å²) in [6.07, 6.45) is 0.825. The molecule has 2 atom stereocenters. The van der Waals surface area contributed by atoms with E-state index in [0.29, 0.717) is 6.54 Å². The van der Waals surface area contributed by atoms with Gasteiger partial charge in [-0.3, -0.25) is 4.79 Å². The second-order valence-electron chi connectivity index (χ2n) is 6.25. The number of rotatable bonds is 4. The molecule has 23 heavy (non-hydrogen) atoms. The first-order valence-corrected chi connectivity index (χ1v) is 8.34. The third kappa shape index (κ3) is 2.66. The lowest BCUT2D eigenvalue weighted by molar-refractivity contribution is -0.119. The Hall–Kier alpha value is -2.13. The van der Waals surface area contributed by atoms with Crippen LogP contribution in [0.2, 0.25) is 0 Å². The van der Waals surface area contributed by atoms with Crippen LogP contribution in [0.1, 0.15) is 54.5 Å². The Balaban J connectivity index is 2.01. The molecule has 2 unspecified atom stereocenters. The summed E-state index contributed by atoms with van der Waals surface area (Å²) in [6, 6.07) is 14.4. The lowest BCUT2D eigenvalue weighted by Crippen LogP contribution is -2.28. The van der Waals surface area contributed by atoms with Gasteiger partial charge in [0.2, 0.25) is 5.91 Å². The van der Waals surface area contributed by atoms with Crippen LogP contribution in [0.4, 0.5) is 5.69 Å². The second-order valence-corrected chi connectivity index (χ2v) is 6.25. The van der Waals surface area contributed by atoms with Crippen molar-refractivity contribution in [2.45, 2.75) is 39.2 Å². The van der Waals surface area contributed by atoms with Gasteiger partial charge in [0.15, 0.2) is 0 Å². The quantitative estimate of drug-likeness (QED) is 0.931. The molecular weight excluding hydrogens is 284 g/mol. The number of carbonyl (C=O) groups excluding carboxylic acids is 1. The molecule has 0 saturated carbocycles. The maximum atomic E-state index is 12.5. The predicted octanol–water partition coefficient (Wildman–Crippen LogP) is 3.90. The van der Waals surface area contributed by atoms with Crippen molar-refractivity contribution in [2.24, 2.45) is 5.73 Å². The van der Waals surface area contributed by atoms with Gasteiger partial charge in [0, 0.05) is 12.2 Å². The van der Waals surface area contributed by atoms with Gasteiger partial charge in [0.05, 0.1) is 12.0 Å². The van der Waals surface area contributed by atoms with Gasteiger partial charge in [-0.05, 0) is 43.0 Å². The minimum atomic E-state index is -0.163. The molecule has 0 saturated heterocycles.